The van der Waals surface area contributed by atoms with Crippen molar-refractivity contribution in [2.24, 2.45) is 0 Å². The number of fused-ring (bicyclic) bond motifs is 6. The molecule has 0 bridgehead atoms. The molecule has 50 heavy (non-hydrogen) atoms. The largest absolute Gasteiger partial charge is 0.456 e. The van der Waals surface area contributed by atoms with Gasteiger partial charge < -0.3 is 8.83 Å². The lowest BCUT2D eigenvalue weighted by atomic mass is 9.94. The van der Waals surface area contributed by atoms with Gasteiger partial charge in [0.15, 0.2) is 5.82 Å². The fourth-order valence-electron chi connectivity index (χ4n) is 7.10. The molecule has 4 nitrogen and oxygen atoms in total. The van der Waals surface area contributed by atoms with Crippen molar-refractivity contribution in [3.8, 4) is 56.2 Å². The lowest BCUT2D eigenvalue weighted by Crippen LogP contribution is -1.97. The van der Waals surface area contributed by atoms with Crippen LogP contribution >= 0.6 is 0 Å². The van der Waals surface area contributed by atoms with Crippen LogP contribution in [-0.2, 0) is 0 Å². The summed E-state index contributed by atoms with van der Waals surface area (Å²) < 4.78 is 12.6. The summed E-state index contributed by atoms with van der Waals surface area (Å²) in [5.74, 6) is 0.632. The first-order valence-electron chi connectivity index (χ1n) is 16.7. The van der Waals surface area contributed by atoms with E-state index in [0.717, 1.165) is 83.1 Å². The number of hydrogen-bond donors (Lipinski definition) is 0. The predicted octanol–water partition coefficient (Wildman–Crippen LogP) is 12.6. The summed E-state index contributed by atoms with van der Waals surface area (Å²) >= 11 is 0. The molecule has 0 fully saturated rings. The van der Waals surface area contributed by atoms with Crippen LogP contribution in [0, 0.1) is 0 Å². The molecule has 0 spiro atoms. The van der Waals surface area contributed by atoms with E-state index in [4.69, 9.17) is 18.8 Å². The SMILES string of the molecule is c1ccc(-c2ccc(-c3ccccc3-c3cc(-c4cccc5c4oc4ccccc45)nc(-c4ccc5oc6ccccc6c5c4)n3)cc2)cc1. The molecule has 234 valence electrons. The quantitative estimate of drug-likeness (QED) is 0.188. The van der Waals surface area contributed by atoms with Crippen molar-refractivity contribution in [3.63, 3.8) is 0 Å². The highest BCUT2D eigenvalue weighted by Crippen LogP contribution is 2.39. The summed E-state index contributed by atoms with van der Waals surface area (Å²) in [5.41, 5.74) is 12.4. The maximum Gasteiger partial charge on any atom is 0.160 e. The smallest absolute Gasteiger partial charge is 0.160 e. The molecule has 10 aromatic rings. The van der Waals surface area contributed by atoms with E-state index in [1.807, 2.05) is 54.6 Å². The van der Waals surface area contributed by atoms with Gasteiger partial charge in [0, 0.05) is 38.2 Å². The van der Waals surface area contributed by atoms with Crippen molar-refractivity contribution in [3.05, 3.63) is 170 Å². The zero-order valence-corrected chi connectivity index (χ0v) is 26.9. The molecule has 0 aliphatic carbocycles. The van der Waals surface area contributed by atoms with E-state index in [0.29, 0.717) is 5.82 Å². The number of rotatable bonds is 5. The molecule has 0 unspecified atom stereocenters. The van der Waals surface area contributed by atoms with Crippen molar-refractivity contribution in [2.75, 3.05) is 0 Å². The van der Waals surface area contributed by atoms with Crippen LogP contribution in [0.2, 0.25) is 0 Å². The van der Waals surface area contributed by atoms with Crippen molar-refractivity contribution in [2.45, 2.75) is 0 Å². The van der Waals surface area contributed by atoms with Crippen LogP contribution in [-0.4, -0.2) is 9.97 Å². The first-order valence-corrected chi connectivity index (χ1v) is 16.7. The van der Waals surface area contributed by atoms with Crippen LogP contribution in [0.5, 0.6) is 0 Å². The third kappa shape index (κ3) is 4.69. The molecule has 0 radical (unpaired) electrons. The number of benzene rings is 7. The van der Waals surface area contributed by atoms with Gasteiger partial charge in [-0.25, -0.2) is 9.97 Å². The summed E-state index contributed by atoms with van der Waals surface area (Å²) in [6, 6.07) is 58.5. The molecule has 0 saturated carbocycles. The van der Waals surface area contributed by atoms with E-state index >= 15 is 0 Å². The third-order valence-corrected chi connectivity index (χ3v) is 9.55. The first-order chi connectivity index (χ1) is 24.8. The molecule has 0 atom stereocenters. The molecular weight excluding hydrogens is 613 g/mol. The number of hydrogen-bond acceptors (Lipinski definition) is 4. The van der Waals surface area contributed by atoms with Gasteiger partial charge in [-0.05, 0) is 64.7 Å². The molecule has 3 aromatic heterocycles. The lowest BCUT2D eigenvalue weighted by Gasteiger charge is -2.13. The maximum absolute atomic E-state index is 6.49. The summed E-state index contributed by atoms with van der Waals surface area (Å²) in [7, 11) is 0. The van der Waals surface area contributed by atoms with Crippen LogP contribution in [0.25, 0.3) is 100 Å². The molecule has 0 aliphatic rings. The summed E-state index contributed by atoms with van der Waals surface area (Å²) in [6.07, 6.45) is 0. The van der Waals surface area contributed by atoms with Gasteiger partial charge in [-0.3, -0.25) is 0 Å². The Morgan fingerprint density at radius 1 is 0.320 bits per heavy atom. The minimum Gasteiger partial charge on any atom is -0.456 e. The number of nitrogens with zero attached hydrogens (tertiary/aromatic N) is 2. The van der Waals surface area contributed by atoms with Gasteiger partial charge >= 0.3 is 0 Å². The van der Waals surface area contributed by atoms with Crippen LogP contribution in [0.15, 0.2) is 179 Å². The Bertz CT molecular complexity index is 2860. The number of furan rings is 2. The van der Waals surface area contributed by atoms with E-state index in [1.54, 1.807) is 0 Å². The molecule has 0 aliphatic heterocycles. The fraction of sp³-hybridized carbons (Fsp3) is 0. The van der Waals surface area contributed by atoms with E-state index in [9.17, 15) is 0 Å². The third-order valence-electron chi connectivity index (χ3n) is 9.55. The topological polar surface area (TPSA) is 52.1 Å². The van der Waals surface area contributed by atoms with E-state index in [-0.39, 0.29) is 0 Å². The average Bonchev–Trinajstić information content (AvgIpc) is 3.76. The molecule has 3 heterocycles. The maximum atomic E-state index is 6.49. The van der Waals surface area contributed by atoms with E-state index in [2.05, 4.69) is 115 Å². The molecule has 0 saturated heterocycles. The standard InChI is InChI=1S/C46H28N2O2/c1-2-11-29(12-3-1)30-21-23-31(24-22-30)33-13-4-5-14-34(33)40-28-41(38-18-10-17-37-35-15-6-9-20-43(35)50-45(37)38)48-46(47-40)32-25-26-44-39(27-32)36-16-7-8-19-42(36)49-44/h1-28H. The molecule has 10 rings (SSSR count). The highest BCUT2D eigenvalue weighted by atomic mass is 16.3. The number of aromatic nitrogens is 2. The van der Waals surface area contributed by atoms with Gasteiger partial charge in [-0.2, -0.15) is 0 Å². The van der Waals surface area contributed by atoms with E-state index in [1.165, 1.54) is 11.1 Å². The fourth-order valence-corrected chi connectivity index (χ4v) is 7.10. The highest BCUT2D eigenvalue weighted by Gasteiger charge is 2.19. The Labute approximate surface area is 287 Å². The predicted molar refractivity (Wildman–Crippen MR) is 204 cm³/mol. The van der Waals surface area contributed by atoms with Crippen LogP contribution in [0.4, 0.5) is 0 Å². The summed E-state index contributed by atoms with van der Waals surface area (Å²) in [6.45, 7) is 0. The Kier molecular flexibility index (Phi) is 6.46. The van der Waals surface area contributed by atoms with Gasteiger partial charge in [0.2, 0.25) is 0 Å². The lowest BCUT2D eigenvalue weighted by molar-refractivity contribution is 0.669. The van der Waals surface area contributed by atoms with Crippen molar-refractivity contribution >= 4 is 43.9 Å². The second-order valence-electron chi connectivity index (χ2n) is 12.5. The van der Waals surface area contributed by atoms with Crippen LogP contribution < -0.4 is 0 Å². The van der Waals surface area contributed by atoms with Crippen LogP contribution in [0.3, 0.4) is 0 Å². The average molecular weight is 641 g/mol. The Balaban J connectivity index is 1.18. The van der Waals surface area contributed by atoms with Gasteiger partial charge in [0.05, 0.1) is 11.4 Å². The Hall–Kier alpha value is -6.78. The van der Waals surface area contributed by atoms with Crippen molar-refractivity contribution in [1.29, 1.82) is 0 Å². The van der Waals surface area contributed by atoms with Gasteiger partial charge in [0.1, 0.15) is 22.3 Å². The summed E-state index contributed by atoms with van der Waals surface area (Å²) in [5, 5.41) is 4.24. The minimum atomic E-state index is 0.632. The van der Waals surface area contributed by atoms with Gasteiger partial charge in [-0.1, -0.05) is 127 Å². The molecule has 0 amide bonds. The molecule has 4 heteroatoms. The Morgan fingerprint density at radius 2 is 0.860 bits per heavy atom. The van der Waals surface area contributed by atoms with Crippen LogP contribution in [0.1, 0.15) is 0 Å². The molecule has 7 aromatic carbocycles. The zero-order valence-electron chi connectivity index (χ0n) is 26.9. The molecular formula is C46H28N2O2. The monoisotopic (exact) mass is 640 g/mol. The zero-order chi connectivity index (χ0) is 33.0. The van der Waals surface area contributed by atoms with E-state index < -0.39 is 0 Å². The minimum absolute atomic E-state index is 0.632. The number of para-hydroxylation sites is 3. The Morgan fingerprint density at radius 3 is 1.66 bits per heavy atom. The van der Waals surface area contributed by atoms with Gasteiger partial charge in [-0.15, -0.1) is 0 Å². The summed E-state index contributed by atoms with van der Waals surface area (Å²) in [4.78, 5) is 10.5. The van der Waals surface area contributed by atoms with Crippen molar-refractivity contribution in [1.82, 2.24) is 9.97 Å². The second-order valence-corrected chi connectivity index (χ2v) is 12.5. The van der Waals surface area contributed by atoms with Crippen molar-refractivity contribution < 1.29 is 8.83 Å². The normalized spacial score (nSPS) is 11.6. The molecule has 0 N–H and O–H groups in total. The highest BCUT2D eigenvalue weighted by molar-refractivity contribution is 6.09. The van der Waals surface area contributed by atoms with Gasteiger partial charge in [0.25, 0.3) is 0 Å². The first kappa shape index (κ1) is 28.3. The second kappa shape index (κ2) is 11.4.